The lowest BCUT2D eigenvalue weighted by molar-refractivity contribution is 0.0528. The number of ether oxygens (including phenoxy) is 2. The van der Waals surface area contributed by atoms with E-state index in [0.717, 1.165) is 10.0 Å². The van der Waals surface area contributed by atoms with Gasteiger partial charge in [-0.1, -0.05) is 64.5 Å². The van der Waals surface area contributed by atoms with Crippen LogP contribution in [0.25, 0.3) is 27.6 Å². The number of esters is 1. The number of carbonyl (C=O) groups excluding carboxylic acids is 1. The molecule has 5 aromatic rings. The summed E-state index contributed by atoms with van der Waals surface area (Å²) < 4.78 is 13.6. The van der Waals surface area contributed by atoms with Crippen molar-refractivity contribution in [3.63, 3.8) is 0 Å². The van der Waals surface area contributed by atoms with Crippen molar-refractivity contribution in [3.05, 3.63) is 111 Å². The maximum Gasteiger partial charge on any atom is 0.340 e. The Labute approximate surface area is 221 Å². The second-order valence-corrected chi connectivity index (χ2v) is 9.05. The number of para-hydroxylation sites is 1. The van der Waals surface area contributed by atoms with Gasteiger partial charge in [-0.3, -0.25) is 4.79 Å². The number of hydrogen-bond donors (Lipinski definition) is 1. The summed E-state index contributed by atoms with van der Waals surface area (Å²) >= 11 is 3.42. The van der Waals surface area contributed by atoms with E-state index in [-0.39, 0.29) is 29.1 Å². The lowest BCUT2D eigenvalue weighted by Gasteiger charge is -2.17. The molecule has 1 aromatic heterocycles. The number of carbonyl (C=O) groups is 1. The van der Waals surface area contributed by atoms with Gasteiger partial charge in [-0.25, -0.2) is 4.79 Å². The van der Waals surface area contributed by atoms with Crippen molar-refractivity contribution in [3.8, 4) is 28.4 Å². The number of anilines is 1. The molecule has 4 aromatic carbocycles. The maximum absolute atomic E-state index is 13.8. The highest BCUT2D eigenvalue weighted by Crippen LogP contribution is 2.38. The van der Waals surface area contributed by atoms with Crippen LogP contribution in [0.15, 0.2) is 100 Å². The van der Waals surface area contributed by atoms with E-state index < -0.39 is 11.5 Å². The molecule has 0 atom stereocenters. The minimum Gasteiger partial charge on any atom is -0.462 e. The van der Waals surface area contributed by atoms with Crippen molar-refractivity contribution < 1.29 is 14.3 Å². The molecule has 5 rings (SSSR count). The van der Waals surface area contributed by atoms with Gasteiger partial charge in [0.05, 0.1) is 34.3 Å². The van der Waals surface area contributed by atoms with Crippen LogP contribution in [-0.2, 0) is 4.74 Å². The summed E-state index contributed by atoms with van der Waals surface area (Å²) in [6.07, 6.45) is 0. The fraction of sp³-hybridized carbons (Fsp3) is 0.0690. The monoisotopic (exact) mass is 555 g/mol. The van der Waals surface area contributed by atoms with Gasteiger partial charge < -0.3 is 15.2 Å². The molecule has 2 N–H and O–H groups in total. The van der Waals surface area contributed by atoms with Crippen molar-refractivity contribution in [1.29, 1.82) is 0 Å². The zero-order chi connectivity index (χ0) is 25.9. The molecule has 1 heterocycles. The zero-order valence-electron chi connectivity index (χ0n) is 19.9. The van der Waals surface area contributed by atoms with Gasteiger partial charge in [-0.15, -0.1) is 5.10 Å². The van der Waals surface area contributed by atoms with Crippen molar-refractivity contribution >= 4 is 38.4 Å². The molecule has 0 aliphatic rings. The number of rotatable bonds is 6. The molecule has 0 radical (unpaired) electrons. The van der Waals surface area contributed by atoms with Crippen LogP contribution in [0.5, 0.6) is 11.6 Å². The normalized spacial score (nSPS) is 10.9. The van der Waals surface area contributed by atoms with Crippen molar-refractivity contribution in [1.82, 2.24) is 9.78 Å². The summed E-state index contributed by atoms with van der Waals surface area (Å²) in [6.45, 7) is 1.88. The van der Waals surface area contributed by atoms with E-state index in [4.69, 9.17) is 15.2 Å². The predicted molar refractivity (Wildman–Crippen MR) is 147 cm³/mol. The number of halogens is 1. The van der Waals surface area contributed by atoms with E-state index in [1.54, 1.807) is 49.4 Å². The predicted octanol–water partition coefficient (Wildman–Crippen LogP) is 6.37. The molecule has 0 aliphatic heterocycles. The Kier molecular flexibility index (Phi) is 6.74. The zero-order valence-corrected chi connectivity index (χ0v) is 21.4. The van der Waals surface area contributed by atoms with E-state index >= 15 is 0 Å². The number of nitrogen functional groups attached to an aromatic ring is 1. The molecule has 7 nitrogen and oxygen atoms in total. The molecule has 37 heavy (non-hydrogen) atoms. The third-order valence-electron chi connectivity index (χ3n) is 5.79. The molecular weight excluding hydrogens is 534 g/mol. The Morgan fingerprint density at radius 2 is 1.62 bits per heavy atom. The summed E-state index contributed by atoms with van der Waals surface area (Å²) in [6, 6.07) is 27.2. The van der Waals surface area contributed by atoms with Crippen LogP contribution in [-0.4, -0.2) is 22.4 Å². The molecule has 0 amide bonds. The smallest absolute Gasteiger partial charge is 0.340 e. The molecule has 0 aliphatic carbocycles. The molecule has 184 valence electrons. The number of aromatic nitrogens is 2. The Morgan fingerprint density at radius 3 is 2.27 bits per heavy atom. The third-order valence-corrected chi connectivity index (χ3v) is 6.32. The molecule has 0 fully saturated rings. The van der Waals surface area contributed by atoms with Crippen molar-refractivity contribution in [2.45, 2.75) is 6.92 Å². The Balaban J connectivity index is 1.87. The average Bonchev–Trinajstić information content (AvgIpc) is 2.92. The van der Waals surface area contributed by atoms with Gasteiger partial charge in [0.1, 0.15) is 5.75 Å². The van der Waals surface area contributed by atoms with Crippen LogP contribution in [0, 0.1) is 0 Å². The van der Waals surface area contributed by atoms with Crippen molar-refractivity contribution in [2.24, 2.45) is 0 Å². The van der Waals surface area contributed by atoms with Crippen LogP contribution in [0.4, 0.5) is 5.69 Å². The third kappa shape index (κ3) is 4.71. The number of benzene rings is 4. The highest BCUT2D eigenvalue weighted by Gasteiger charge is 2.25. The maximum atomic E-state index is 13.8. The second-order valence-electron chi connectivity index (χ2n) is 8.14. The van der Waals surface area contributed by atoms with Crippen molar-refractivity contribution in [2.75, 3.05) is 12.3 Å². The van der Waals surface area contributed by atoms with Gasteiger partial charge in [0, 0.05) is 4.47 Å². The van der Waals surface area contributed by atoms with Crippen LogP contribution in [0.3, 0.4) is 0 Å². The lowest BCUT2D eigenvalue weighted by atomic mass is 9.94. The van der Waals surface area contributed by atoms with E-state index in [9.17, 15) is 9.59 Å². The molecule has 0 saturated heterocycles. The summed E-state index contributed by atoms with van der Waals surface area (Å²) in [5.41, 5.74) is 8.05. The highest BCUT2D eigenvalue weighted by atomic mass is 79.9. The largest absolute Gasteiger partial charge is 0.462 e. The van der Waals surface area contributed by atoms with Gasteiger partial charge in [0.2, 0.25) is 5.88 Å². The number of hydrogen-bond acceptors (Lipinski definition) is 6. The first-order chi connectivity index (χ1) is 18.0. The Morgan fingerprint density at radius 1 is 0.973 bits per heavy atom. The highest BCUT2D eigenvalue weighted by molar-refractivity contribution is 9.10. The van der Waals surface area contributed by atoms with E-state index in [1.807, 2.05) is 48.5 Å². The molecule has 0 bridgehead atoms. The van der Waals surface area contributed by atoms with Gasteiger partial charge in [-0.2, -0.15) is 4.68 Å². The standard InChI is InChI=1S/C29H22BrN3O4/c1-2-36-29(35)25-22(18-9-5-3-6-10-18)17-23-24(26(25)31)28(34)33(20-11-7-4-8-12-20)32-27(23)37-21-15-13-19(30)14-16-21/h3-17H,2,31H2,1H3. The fourth-order valence-corrected chi connectivity index (χ4v) is 4.37. The number of fused-ring (bicyclic) bond motifs is 1. The Hall–Kier alpha value is -4.43. The van der Waals surface area contributed by atoms with Crippen LogP contribution < -0.4 is 16.0 Å². The first-order valence-electron chi connectivity index (χ1n) is 11.6. The Bertz CT molecular complexity index is 1650. The van der Waals surface area contributed by atoms with Crippen LogP contribution in [0.1, 0.15) is 17.3 Å². The molecule has 0 unspecified atom stereocenters. The van der Waals surface area contributed by atoms with E-state index in [1.165, 1.54) is 4.68 Å². The second kappa shape index (κ2) is 10.3. The van der Waals surface area contributed by atoms with Gasteiger partial charge in [-0.05, 0) is 60.5 Å². The van der Waals surface area contributed by atoms with E-state index in [2.05, 4.69) is 21.0 Å². The lowest BCUT2D eigenvalue weighted by Crippen LogP contribution is -2.24. The minimum absolute atomic E-state index is 0.00698. The molecule has 8 heteroatoms. The topological polar surface area (TPSA) is 96.4 Å². The summed E-state index contributed by atoms with van der Waals surface area (Å²) in [7, 11) is 0. The molecule has 0 spiro atoms. The van der Waals surface area contributed by atoms with E-state index in [0.29, 0.717) is 22.4 Å². The first-order valence-corrected chi connectivity index (χ1v) is 12.4. The average molecular weight is 556 g/mol. The van der Waals surface area contributed by atoms with Gasteiger partial charge >= 0.3 is 5.97 Å². The SMILES string of the molecule is CCOC(=O)c1c(-c2ccccc2)cc2c(Oc3ccc(Br)cc3)nn(-c3ccccc3)c(=O)c2c1N. The van der Waals surface area contributed by atoms with Crippen LogP contribution in [0.2, 0.25) is 0 Å². The number of nitrogens with two attached hydrogens (primary N) is 1. The molecule has 0 saturated carbocycles. The van der Waals surface area contributed by atoms with Crippen LogP contribution >= 0.6 is 15.9 Å². The summed E-state index contributed by atoms with van der Waals surface area (Å²) in [4.78, 5) is 26.9. The first kappa shape index (κ1) is 24.3. The minimum atomic E-state index is -0.612. The quantitative estimate of drug-likeness (QED) is 0.193. The summed E-state index contributed by atoms with van der Waals surface area (Å²) in [5, 5.41) is 5.07. The molecular formula is C29H22BrN3O4. The van der Waals surface area contributed by atoms with Gasteiger partial charge in [0.25, 0.3) is 5.56 Å². The summed E-state index contributed by atoms with van der Waals surface area (Å²) in [5.74, 6) is 0.0724. The van der Waals surface area contributed by atoms with Gasteiger partial charge in [0.15, 0.2) is 0 Å². The number of nitrogens with zero attached hydrogens (tertiary/aromatic N) is 2. The fourth-order valence-electron chi connectivity index (χ4n) is 4.10.